The van der Waals surface area contributed by atoms with Crippen LogP contribution in [0.15, 0.2) is 17.3 Å². The number of aryl methyl sites for hydroxylation is 1. The Kier molecular flexibility index (Phi) is 7.58. The minimum Gasteiger partial charge on any atom is -0.357 e. The smallest absolute Gasteiger partial charge is 0.220 e. The van der Waals surface area contributed by atoms with Gasteiger partial charge in [-0.3, -0.25) is 9.48 Å². The van der Waals surface area contributed by atoms with Crippen molar-refractivity contribution in [2.24, 2.45) is 18.0 Å². The Morgan fingerprint density at radius 3 is 2.71 bits per heavy atom. The average molecular weight is 334 g/mol. The van der Waals surface area contributed by atoms with Gasteiger partial charge < -0.3 is 16.0 Å². The molecule has 0 atom stereocenters. The Morgan fingerprint density at radius 2 is 2.04 bits per heavy atom. The van der Waals surface area contributed by atoms with Gasteiger partial charge in [0.15, 0.2) is 5.96 Å². The summed E-state index contributed by atoms with van der Waals surface area (Å²) >= 11 is 0. The molecule has 24 heavy (non-hydrogen) atoms. The van der Waals surface area contributed by atoms with Crippen LogP contribution in [0.4, 0.5) is 0 Å². The van der Waals surface area contributed by atoms with E-state index in [1.807, 2.05) is 24.7 Å². The third kappa shape index (κ3) is 6.22. The maximum Gasteiger partial charge on any atom is 0.220 e. The Labute approximate surface area is 144 Å². The first kappa shape index (κ1) is 18.3. The van der Waals surface area contributed by atoms with Gasteiger partial charge in [0.05, 0.1) is 12.2 Å². The van der Waals surface area contributed by atoms with Gasteiger partial charge in [-0.1, -0.05) is 12.8 Å². The summed E-state index contributed by atoms with van der Waals surface area (Å²) < 4.78 is 1.82. The molecule has 0 aromatic carbocycles. The minimum atomic E-state index is 0.167. The molecule has 0 radical (unpaired) electrons. The summed E-state index contributed by atoms with van der Waals surface area (Å²) in [5.41, 5.74) is 1.05. The van der Waals surface area contributed by atoms with Crippen LogP contribution >= 0.6 is 0 Å². The molecule has 1 heterocycles. The number of carbonyl (C=O) groups is 1. The van der Waals surface area contributed by atoms with Gasteiger partial charge in [-0.2, -0.15) is 5.10 Å². The normalized spacial score (nSPS) is 15.5. The van der Waals surface area contributed by atoms with Crippen LogP contribution in [0, 0.1) is 5.92 Å². The predicted octanol–water partition coefficient (Wildman–Crippen LogP) is 1.17. The second-order valence-corrected chi connectivity index (χ2v) is 6.27. The molecule has 0 spiro atoms. The number of aromatic nitrogens is 2. The molecule has 1 fully saturated rings. The average Bonchev–Trinajstić information content (AvgIpc) is 3.21. The van der Waals surface area contributed by atoms with Gasteiger partial charge in [-0.05, 0) is 31.7 Å². The van der Waals surface area contributed by atoms with Crippen molar-refractivity contribution in [1.82, 2.24) is 25.7 Å². The van der Waals surface area contributed by atoms with E-state index in [0.29, 0.717) is 32.0 Å². The third-order valence-electron chi connectivity index (χ3n) is 4.35. The predicted molar refractivity (Wildman–Crippen MR) is 95.6 cm³/mol. The third-order valence-corrected chi connectivity index (χ3v) is 4.35. The molecule has 0 unspecified atom stereocenters. The number of carbonyl (C=O) groups excluding carboxylic acids is 1. The number of rotatable bonds is 8. The van der Waals surface area contributed by atoms with Gasteiger partial charge in [0.25, 0.3) is 0 Å². The fourth-order valence-corrected chi connectivity index (χ4v) is 2.99. The molecule has 0 bridgehead atoms. The Hall–Kier alpha value is -2.05. The molecule has 1 aromatic rings. The van der Waals surface area contributed by atoms with E-state index < -0.39 is 0 Å². The van der Waals surface area contributed by atoms with Crippen LogP contribution in [0.5, 0.6) is 0 Å². The van der Waals surface area contributed by atoms with Crippen molar-refractivity contribution in [3.8, 4) is 0 Å². The van der Waals surface area contributed by atoms with Crippen LogP contribution in [0.1, 0.15) is 44.7 Å². The standard InChI is InChI=1S/C17H30N6O/c1-3-18-17(21-13-15-8-9-22-23(15)2)20-11-10-19-16(24)12-14-6-4-5-7-14/h8-9,14H,3-7,10-13H2,1-2H3,(H,19,24)(H2,18,20,21). The topological polar surface area (TPSA) is 83.3 Å². The molecule has 7 nitrogen and oxygen atoms in total. The van der Waals surface area contributed by atoms with E-state index in [1.165, 1.54) is 25.7 Å². The molecule has 1 aliphatic carbocycles. The first-order valence-corrected chi connectivity index (χ1v) is 8.94. The maximum absolute atomic E-state index is 11.9. The van der Waals surface area contributed by atoms with Crippen molar-refractivity contribution in [2.75, 3.05) is 19.6 Å². The van der Waals surface area contributed by atoms with Gasteiger partial charge in [-0.15, -0.1) is 0 Å². The van der Waals surface area contributed by atoms with Crippen molar-refractivity contribution in [1.29, 1.82) is 0 Å². The van der Waals surface area contributed by atoms with Crippen molar-refractivity contribution in [3.05, 3.63) is 18.0 Å². The number of nitrogens with one attached hydrogen (secondary N) is 3. The lowest BCUT2D eigenvalue weighted by atomic mass is 10.0. The van der Waals surface area contributed by atoms with E-state index in [-0.39, 0.29) is 5.91 Å². The number of hydrogen-bond donors (Lipinski definition) is 3. The van der Waals surface area contributed by atoms with E-state index in [1.54, 1.807) is 6.20 Å². The van der Waals surface area contributed by atoms with Gasteiger partial charge >= 0.3 is 0 Å². The highest BCUT2D eigenvalue weighted by Crippen LogP contribution is 2.27. The lowest BCUT2D eigenvalue weighted by Gasteiger charge is -2.13. The second-order valence-electron chi connectivity index (χ2n) is 6.27. The number of aliphatic imine (C=N–C) groups is 1. The van der Waals surface area contributed by atoms with Crippen LogP contribution in [-0.4, -0.2) is 41.3 Å². The monoisotopic (exact) mass is 334 g/mol. The minimum absolute atomic E-state index is 0.167. The molecule has 3 N–H and O–H groups in total. The van der Waals surface area contributed by atoms with E-state index >= 15 is 0 Å². The van der Waals surface area contributed by atoms with Crippen LogP contribution in [0.3, 0.4) is 0 Å². The largest absolute Gasteiger partial charge is 0.357 e. The molecule has 7 heteroatoms. The van der Waals surface area contributed by atoms with Crippen molar-refractivity contribution in [3.63, 3.8) is 0 Å². The molecule has 1 aromatic heterocycles. The Balaban J connectivity index is 1.67. The van der Waals surface area contributed by atoms with E-state index in [0.717, 1.165) is 18.2 Å². The molecule has 0 saturated heterocycles. The quantitative estimate of drug-likeness (QED) is 0.379. The molecular formula is C17H30N6O. The first-order chi connectivity index (χ1) is 11.7. The molecule has 1 saturated carbocycles. The van der Waals surface area contributed by atoms with Crippen LogP contribution < -0.4 is 16.0 Å². The number of guanidine groups is 1. The highest BCUT2D eigenvalue weighted by molar-refractivity contribution is 5.80. The number of nitrogens with zero attached hydrogens (tertiary/aromatic N) is 3. The van der Waals surface area contributed by atoms with Gasteiger partial charge in [0.1, 0.15) is 0 Å². The highest BCUT2D eigenvalue weighted by atomic mass is 16.1. The van der Waals surface area contributed by atoms with Gasteiger partial charge in [0.2, 0.25) is 5.91 Å². The second kappa shape index (κ2) is 9.95. The summed E-state index contributed by atoms with van der Waals surface area (Å²) in [5, 5.41) is 13.6. The summed E-state index contributed by atoms with van der Waals surface area (Å²) in [7, 11) is 1.91. The molecule has 1 amide bonds. The molecule has 1 aliphatic rings. The van der Waals surface area contributed by atoms with Gasteiger partial charge in [-0.25, -0.2) is 4.99 Å². The van der Waals surface area contributed by atoms with Crippen LogP contribution in [-0.2, 0) is 18.4 Å². The van der Waals surface area contributed by atoms with E-state index in [2.05, 4.69) is 26.0 Å². The van der Waals surface area contributed by atoms with Crippen molar-refractivity contribution >= 4 is 11.9 Å². The lowest BCUT2D eigenvalue weighted by Crippen LogP contribution is -2.41. The fraction of sp³-hybridized carbons (Fsp3) is 0.706. The van der Waals surface area contributed by atoms with Crippen LogP contribution in [0.25, 0.3) is 0 Å². The van der Waals surface area contributed by atoms with Gasteiger partial charge in [0, 0.05) is 39.3 Å². The van der Waals surface area contributed by atoms with Crippen LogP contribution in [0.2, 0.25) is 0 Å². The zero-order valence-corrected chi connectivity index (χ0v) is 14.8. The summed E-state index contributed by atoms with van der Waals surface area (Å²) in [4.78, 5) is 16.4. The summed E-state index contributed by atoms with van der Waals surface area (Å²) in [6.45, 7) is 4.67. The molecule has 0 aliphatic heterocycles. The molecule has 134 valence electrons. The molecule has 2 rings (SSSR count). The number of amides is 1. The number of hydrogen-bond acceptors (Lipinski definition) is 3. The SMILES string of the molecule is CCNC(=NCc1ccnn1C)NCCNC(=O)CC1CCCC1. The first-order valence-electron chi connectivity index (χ1n) is 8.94. The molecular weight excluding hydrogens is 304 g/mol. The lowest BCUT2D eigenvalue weighted by molar-refractivity contribution is -0.121. The summed E-state index contributed by atoms with van der Waals surface area (Å²) in [5.74, 6) is 1.51. The highest BCUT2D eigenvalue weighted by Gasteiger charge is 2.17. The summed E-state index contributed by atoms with van der Waals surface area (Å²) in [6, 6.07) is 1.95. The summed E-state index contributed by atoms with van der Waals surface area (Å²) in [6.07, 6.45) is 7.41. The van der Waals surface area contributed by atoms with E-state index in [4.69, 9.17) is 0 Å². The van der Waals surface area contributed by atoms with Crippen molar-refractivity contribution in [2.45, 2.75) is 45.6 Å². The Bertz CT molecular complexity index is 533. The van der Waals surface area contributed by atoms with Crippen molar-refractivity contribution < 1.29 is 4.79 Å². The Morgan fingerprint density at radius 1 is 1.29 bits per heavy atom. The maximum atomic E-state index is 11.9. The van der Waals surface area contributed by atoms with E-state index in [9.17, 15) is 4.79 Å². The fourth-order valence-electron chi connectivity index (χ4n) is 2.99. The zero-order valence-electron chi connectivity index (χ0n) is 14.8. The zero-order chi connectivity index (χ0) is 17.2.